The predicted molar refractivity (Wildman–Crippen MR) is 90.5 cm³/mol. The van der Waals surface area contributed by atoms with Crippen LogP contribution in [0.1, 0.15) is 61.8 Å². The molecule has 0 unspecified atom stereocenters. The van der Waals surface area contributed by atoms with E-state index in [-0.39, 0.29) is 23.7 Å². The van der Waals surface area contributed by atoms with E-state index >= 15 is 0 Å². The summed E-state index contributed by atoms with van der Waals surface area (Å²) in [4.78, 5) is 43.0. The largest absolute Gasteiger partial charge is 0.363 e. The number of nitrogens with one attached hydrogen (secondary N) is 3. The van der Waals surface area contributed by atoms with E-state index in [4.69, 9.17) is 0 Å². The standard InChI is InChI=1S/C18H21N3O3/c1-9-7-19-13(10(2)17(9)23)8-20-18(24)15-11(3)21-12-5-4-6-14(22)16(12)15/h7,21H,4-6,8H2,1-3H3,(H,19,23)(H,20,24). The molecule has 1 aliphatic rings. The number of rotatable bonds is 3. The van der Waals surface area contributed by atoms with Crippen LogP contribution in [0.15, 0.2) is 11.0 Å². The molecule has 2 aromatic heterocycles. The molecule has 0 atom stereocenters. The molecule has 0 bridgehead atoms. The molecule has 2 aromatic rings. The molecule has 0 radical (unpaired) electrons. The van der Waals surface area contributed by atoms with Crippen LogP contribution in [0.25, 0.3) is 0 Å². The van der Waals surface area contributed by atoms with E-state index in [2.05, 4.69) is 15.3 Å². The highest BCUT2D eigenvalue weighted by Crippen LogP contribution is 2.26. The monoisotopic (exact) mass is 327 g/mol. The zero-order chi connectivity index (χ0) is 17.4. The minimum atomic E-state index is -0.291. The number of hydrogen-bond acceptors (Lipinski definition) is 3. The summed E-state index contributed by atoms with van der Waals surface area (Å²) in [5, 5.41) is 2.82. The molecule has 0 saturated heterocycles. The van der Waals surface area contributed by atoms with Crippen molar-refractivity contribution in [3.8, 4) is 0 Å². The second-order valence-electron chi connectivity index (χ2n) is 6.34. The highest BCUT2D eigenvalue weighted by atomic mass is 16.2. The maximum Gasteiger partial charge on any atom is 0.254 e. The summed E-state index contributed by atoms with van der Waals surface area (Å²) in [6.45, 7) is 5.50. The van der Waals surface area contributed by atoms with Gasteiger partial charge in [0.1, 0.15) is 0 Å². The Morgan fingerprint density at radius 2 is 1.96 bits per heavy atom. The fourth-order valence-electron chi connectivity index (χ4n) is 3.26. The van der Waals surface area contributed by atoms with Gasteiger partial charge in [0.2, 0.25) is 0 Å². The molecule has 0 saturated carbocycles. The number of aromatic amines is 2. The summed E-state index contributed by atoms with van der Waals surface area (Å²) < 4.78 is 0. The third-order valence-electron chi connectivity index (χ3n) is 4.64. The van der Waals surface area contributed by atoms with E-state index in [1.165, 1.54) is 0 Å². The molecular formula is C18H21N3O3. The van der Waals surface area contributed by atoms with Gasteiger partial charge >= 0.3 is 0 Å². The average Bonchev–Trinajstić information content (AvgIpc) is 2.89. The van der Waals surface area contributed by atoms with Crippen LogP contribution in [0.2, 0.25) is 0 Å². The number of aryl methyl sites for hydroxylation is 3. The predicted octanol–water partition coefficient (Wildman–Crippen LogP) is 2.08. The third kappa shape index (κ3) is 2.68. The van der Waals surface area contributed by atoms with Gasteiger partial charge in [-0.3, -0.25) is 14.4 Å². The SMILES string of the molecule is Cc1[nH]c2c(c1C(=O)NCc1[nH]cc(C)c(=O)c1C)C(=O)CCC2. The molecular weight excluding hydrogens is 306 g/mol. The van der Waals surface area contributed by atoms with E-state index in [9.17, 15) is 14.4 Å². The topological polar surface area (TPSA) is 94.8 Å². The molecule has 1 aliphatic carbocycles. The number of amides is 1. The lowest BCUT2D eigenvalue weighted by atomic mass is 9.93. The third-order valence-corrected chi connectivity index (χ3v) is 4.64. The van der Waals surface area contributed by atoms with E-state index < -0.39 is 0 Å². The second kappa shape index (κ2) is 6.11. The van der Waals surface area contributed by atoms with E-state index in [0.717, 1.165) is 18.5 Å². The lowest BCUT2D eigenvalue weighted by Crippen LogP contribution is -2.27. The molecule has 6 heteroatoms. The minimum absolute atomic E-state index is 0.0191. The normalized spacial score (nSPS) is 13.7. The summed E-state index contributed by atoms with van der Waals surface area (Å²) in [5.74, 6) is -0.272. The maximum atomic E-state index is 12.6. The number of pyridine rings is 1. The first-order valence-corrected chi connectivity index (χ1v) is 8.10. The van der Waals surface area contributed by atoms with Gasteiger partial charge in [-0.1, -0.05) is 0 Å². The minimum Gasteiger partial charge on any atom is -0.363 e. The van der Waals surface area contributed by atoms with Crippen LogP contribution < -0.4 is 10.7 Å². The van der Waals surface area contributed by atoms with Gasteiger partial charge in [-0.15, -0.1) is 0 Å². The average molecular weight is 327 g/mol. The van der Waals surface area contributed by atoms with Crippen LogP contribution in [0, 0.1) is 20.8 Å². The molecule has 1 amide bonds. The van der Waals surface area contributed by atoms with Crippen molar-refractivity contribution in [3.05, 3.63) is 55.8 Å². The number of fused-ring (bicyclic) bond motifs is 1. The lowest BCUT2D eigenvalue weighted by Gasteiger charge is -2.12. The molecule has 3 rings (SSSR count). The van der Waals surface area contributed by atoms with Crippen LogP contribution in [0.5, 0.6) is 0 Å². The fraction of sp³-hybridized carbons (Fsp3) is 0.389. The first-order valence-electron chi connectivity index (χ1n) is 8.10. The number of ketones is 1. The summed E-state index contributed by atoms with van der Waals surface area (Å²) in [6, 6.07) is 0. The number of Topliss-reactive ketones (excluding diaryl/α,β-unsaturated/α-hetero) is 1. The van der Waals surface area contributed by atoms with Crippen LogP contribution in [-0.4, -0.2) is 21.7 Å². The van der Waals surface area contributed by atoms with E-state index in [1.54, 1.807) is 27.0 Å². The van der Waals surface area contributed by atoms with Crippen molar-refractivity contribution >= 4 is 11.7 Å². The molecule has 3 N–H and O–H groups in total. The number of hydrogen-bond donors (Lipinski definition) is 3. The number of H-pyrrole nitrogens is 2. The molecule has 0 aliphatic heterocycles. The van der Waals surface area contributed by atoms with E-state index in [1.807, 2.05) is 0 Å². The Balaban J connectivity index is 1.84. The van der Waals surface area contributed by atoms with Gasteiger partial charge in [-0.25, -0.2) is 0 Å². The van der Waals surface area contributed by atoms with Crippen LogP contribution in [0.3, 0.4) is 0 Å². The Labute approximate surface area is 139 Å². The zero-order valence-corrected chi connectivity index (χ0v) is 14.1. The molecule has 2 heterocycles. The van der Waals surface area contributed by atoms with Crippen LogP contribution >= 0.6 is 0 Å². The summed E-state index contributed by atoms with van der Waals surface area (Å²) in [5.41, 5.74) is 4.42. The molecule has 0 fully saturated rings. The van der Waals surface area contributed by atoms with Crippen molar-refractivity contribution in [3.63, 3.8) is 0 Å². The highest BCUT2D eigenvalue weighted by Gasteiger charge is 2.28. The van der Waals surface area contributed by atoms with Gasteiger partial charge in [0, 0.05) is 40.8 Å². The molecule has 0 spiro atoms. The number of carbonyl (C=O) groups excluding carboxylic acids is 2. The van der Waals surface area contributed by atoms with Gasteiger partial charge < -0.3 is 15.3 Å². The second-order valence-corrected chi connectivity index (χ2v) is 6.34. The van der Waals surface area contributed by atoms with Crippen molar-refractivity contribution in [2.45, 2.75) is 46.6 Å². The highest BCUT2D eigenvalue weighted by molar-refractivity contribution is 6.10. The van der Waals surface area contributed by atoms with Gasteiger partial charge in [0.05, 0.1) is 17.7 Å². The Morgan fingerprint density at radius 1 is 1.21 bits per heavy atom. The zero-order valence-electron chi connectivity index (χ0n) is 14.1. The van der Waals surface area contributed by atoms with Crippen molar-refractivity contribution in [2.75, 3.05) is 0 Å². The van der Waals surface area contributed by atoms with Crippen molar-refractivity contribution in [1.82, 2.24) is 15.3 Å². The van der Waals surface area contributed by atoms with E-state index in [0.29, 0.717) is 40.1 Å². The Hall–Kier alpha value is -2.63. The maximum absolute atomic E-state index is 12.6. The van der Waals surface area contributed by atoms with Crippen LogP contribution in [0.4, 0.5) is 0 Å². The lowest BCUT2D eigenvalue weighted by molar-refractivity contribution is 0.0925. The Bertz CT molecular complexity index is 890. The Morgan fingerprint density at radius 3 is 2.71 bits per heavy atom. The Kier molecular flexibility index (Phi) is 4.13. The molecule has 6 nitrogen and oxygen atoms in total. The summed E-state index contributed by atoms with van der Waals surface area (Å²) in [7, 11) is 0. The molecule has 24 heavy (non-hydrogen) atoms. The van der Waals surface area contributed by atoms with Crippen molar-refractivity contribution in [2.24, 2.45) is 0 Å². The smallest absolute Gasteiger partial charge is 0.254 e. The molecule has 0 aromatic carbocycles. The summed E-state index contributed by atoms with van der Waals surface area (Å²) >= 11 is 0. The quantitative estimate of drug-likeness (QED) is 0.805. The van der Waals surface area contributed by atoms with Crippen LogP contribution in [-0.2, 0) is 13.0 Å². The first kappa shape index (κ1) is 16.2. The first-order chi connectivity index (χ1) is 11.4. The van der Waals surface area contributed by atoms with Gasteiger partial charge in [-0.2, -0.15) is 0 Å². The van der Waals surface area contributed by atoms with Crippen molar-refractivity contribution in [1.29, 1.82) is 0 Å². The number of carbonyl (C=O) groups is 2. The van der Waals surface area contributed by atoms with Gasteiger partial charge in [0.25, 0.3) is 5.91 Å². The summed E-state index contributed by atoms with van der Waals surface area (Å²) in [6.07, 6.45) is 3.73. The van der Waals surface area contributed by atoms with Gasteiger partial charge in [0.15, 0.2) is 11.2 Å². The molecule has 126 valence electrons. The number of aromatic nitrogens is 2. The van der Waals surface area contributed by atoms with Crippen molar-refractivity contribution < 1.29 is 9.59 Å². The van der Waals surface area contributed by atoms with Gasteiger partial charge in [-0.05, 0) is 33.6 Å². The fourth-order valence-corrected chi connectivity index (χ4v) is 3.26.